The van der Waals surface area contributed by atoms with E-state index < -0.39 is 0 Å². The summed E-state index contributed by atoms with van der Waals surface area (Å²) in [6, 6.07) is 12.1. The SMILES string of the molecule is Cc1ccc(-n2c(SCC(N)=O)nnc2-c2cccs2)cc1. The largest absolute Gasteiger partial charge is 0.369 e. The van der Waals surface area contributed by atoms with Crippen LogP contribution in [0, 0.1) is 6.92 Å². The number of hydrogen-bond donors (Lipinski definition) is 1. The van der Waals surface area contributed by atoms with Gasteiger partial charge in [0.2, 0.25) is 5.91 Å². The molecule has 0 aliphatic carbocycles. The second-order valence-corrected chi connectivity index (χ2v) is 6.60. The van der Waals surface area contributed by atoms with Crippen molar-refractivity contribution in [1.29, 1.82) is 0 Å². The molecule has 0 aliphatic heterocycles. The molecule has 3 aromatic rings. The van der Waals surface area contributed by atoms with E-state index in [4.69, 9.17) is 5.73 Å². The molecule has 1 aromatic carbocycles. The molecule has 0 spiro atoms. The molecule has 5 nitrogen and oxygen atoms in total. The summed E-state index contributed by atoms with van der Waals surface area (Å²) in [4.78, 5) is 12.1. The Bertz CT molecular complexity index is 778. The van der Waals surface area contributed by atoms with E-state index in [0.29, 0.717) is 5.16 Å². The maximum atomic E-state index is 11.0. The molecule has 2 heterocycles. The fourth-order valence-corrected chi connectivity index (χ4v) is 3.38. The van der Waals surface area contributed by atoms with Crippen molar-refractivity contribution in [2.24, 2.45) is 5.73 Å². The van der Waals surface area contributed by atoms with Gasteiger partial charge in [-0.1, -0.05) is 35.5 Å². The molecule has 0 radical (unpaired) electrons. The minimum absolute atomic E-state index is 0.175. The average Bonchev–Trinajstić information content (AvgIpc) is 3.15. The number of amides is 1. The fraction of sp³-hybridized carbons (Fsp3) is 0.133. The number of aromatic nitrogens is 3. The molecule has 3 rings (SSSR count). The Kier molecular flexibility index (Phi) is 4.26. The van der Waals surface area contributed by atoms with E-state index in [1.807, 2.05) is 53.3 Å². The smallest absolute Gasteiger partial charge is 0.227 e. The lowest BCUT2D eigenvalue weighted by Crippen LogP contribution is -2.13. The fourth-order valence-electron chi connectivity index (χ4n) is 1.99. The van der Waals surface area contributed by atoms with E-state index in [-0.39, 0.29) is 11.7 Å². The molecular formula is C15H14N4OS2. The van der Waals surface area contributed by atoms with Gasteiger partial charge in [-0.05, 0) is 30.5 Å². The molecular weight excluding hydrogens is 316 g/mol. The molecule has 0 unspecified atom stereocenters. The van der Waals surface area contributed by atoms with Crippen LogP contribution in [0.3, 0.4) is 0 Å². The van der Waals surface area contributed by atoms with E-state index in [0.717, 1.165) is 16.4 Å². The molecule has 2 aromatic heterocycles. The van der Waals surface area contributed by atoms with Gasteiger partial charge < -0.3 is 5.73 Å². The Balaban J connectivity index is 2.08. The molecule has 22 heavy (non-hydrogen) atoms. The number of rotatable bonds is 5. The first kappa shape index (κ1) is 14.8. The molecule has 112 valence electrons. The summed E-state index contributed by atoms with van der Waals surface area (Å²) in [5.74, 6) is 0.570. The zero-order valence-corrected chi connectivity index (χ0v) is 13.5. The first-order chi connectivity index (χ1) is 10.6. The van der Waals surface area contributed by atoms with E-state index in [1.54, 1.807) is 11.3 Å². The number of nitrogens with zero attached hydrogens (tertiary/aromatic N) is 3. The van der Waals surface area contributed by atoms with E-state index in [2.05, 4.69) is 10.2 Å². The molecule has 0 atom stereocenters. The van der Waals surface area contributed by atoms with Gasteiger partial charge in [-0.3, -0.25) is 9.36 Å². The van der Waals surface area contributed by atoms with Crippen LogP contribution in [-0.4, -0.2) is 26.4 Å². The number of aryl methyl sites for hydroxylation is 1. The summed E-state index contributed by atoms with van der Waals surface area (Å²) in [7, 11) is 0. The predicted molar refractivity (Wildman–Crippen MR) is 89.3 cm³/mol. The maximum Gasteiger partial charge on any atom is 0.227 e. The Morgan fingerprint density at radius 1 is 1.27 bits per heavy atom. The maximum absolute atomic E-state index is 11.0. The van der Waals surface area contributed by atoms with Crippen molar-refractivity contribution < 1.29 is 4.79 Å². The predicted octanol–water partition coefficient (Wildman–Crippen LogP) is 2.88. The van der Waals surface area contributed by atoms with Gasteiger partial charge >= 0.3 is 0 Å². The molecule has 0 bridgehead atoms. The average molecular weight is 330 g/mol. The summed E-state index contributed by atoms with van der Waals surface area (Å²) >= 11 is 2.89. The van der Waals surface area contributed by atoms with Crippen molar-refractivity contribution in [3.63, 3.8) is 0 Å². The van der Waals surface area contributed by atoms with Crippen LogP contribution in [0.25, 0.3) is 16.4 Å². The summed E-state index contributed by atoms with van der Waals surface area (Å²) in [5, 5.41) is 11.2. The van der Waals surface area contributed by atoms with Gasteiger partial charge in [0.05, 0.1) is 10.6 Å². The summed E-state index contributed by atoms with van der Waals surface area (Å²) in [6.45, 7) is 2.04. The van der Waals surface area contributed by atoms with Crippen molar-refractivity contribution in [1.82, 2.24) is 14.8 Å². The quantitative estimate of drug-likeness (QED) is 0.730. The summed E-state index contributed by atoms with van der Waals surface area (Å²) < 4.78 is 1.96. The van der Waals surface area contributed by atoms with Crippen molar-refractivity contribution in [2.75, 3.05) is 5.75 Å². The second kappa shape index (κ2) is 6.33. The molecule has 1 amide bonds. The van der Waals surface area contributed by atoms with Crippen LogP contribution in [0.2, 0.25) is 0 Å². The van der Waals surface area contributed by atoms with Gasteiger partial charge in [0.15, 0.2) is 11.0 Å². The van der Waals surface area contributed by atoms with Crippen LogP contribution >= 0.6 is 23.1 Å². The number of hydrogen-bond acceptors (Lipinski definition) is 5. The number of primary amides is 1. The lowest BCUT2D eigenvalue weighted by atomic mass is 10.2. The molecule has 0 aliphatic rings. The number of carbonyl (C=O) groups is 1. The van der Waals surface area contributed by atoms with Gasteiger partial charge in [-0.2, -0.15) is 0 Å². The number of thiophene rings is 1. The lowest BCUT2D eigenvalue weighted by molar-refractivity contribution is -0.115. The summed E-state index contributed by atoms with van der Waals surface area (Å²) in [6.07, 6.45) is 0. The minimum atomic E-state index is -0.374. The normalized spacial score (nSPS) is 10.8. The van der Waals surface area contributed by atoms with Crippen LogP contribution in [0.5, 0.6) is 0 Å². The standard InChI is InChI=1S/C15H14N4OS2/c1-10-4-6-11(7-5-10)19-14(12-3-2-8-21-12)17-18-15(19)22-9-13(16)20/h2-8H,9H2,1H3,(H2,16,20). The third kappa shape index (κ3) is 3.05. The summed E-state index contributed by atoms with van der Waals surface area (Å²) in [5.41, 5.74) is 7.38. The van der Waals surface area contributed by atoms with Gasteiger partial charge in [0, 0.05) is 5.69 Å². The first-order valence-electron chi connectivity index (χ1n) is 6.62. The highest BCUT2D eigenvalue weighted by molar-refractivity contribution is 7.99. The Morgan fingerprint density at radius 3 is 2.68 bits per heavy atom. The van der Waals surface area contributed by atoms with Gasteiger partial charge in [0.25, 0.3) is 0 Å². The third-order valence-corrected chi connectivity index (χ3v) is 4.83. The van der Waals surface area contributed by atoms with Gasteiger partial charge in [-0.25, -0.2) is 0 Å². The molecule has 7 heteroatoms. The van der Waals surface area contributed by atoms with Crippen LogP contribution in [-0.2, 0) is 4.79 Å². The molecule has 0 saturated heterocycles. The molecule has 0 saturated carbocycles. The Labute approximate surface area is 136 Å². The third-order valence-electron chi connectivity index (χ3n) is 3.01. The number of carbonyl (C=O) groups excluding carboxylic acids is 1. The lowest BCUT2D eigenvalue weighted by Gasteiger charge is -2.09. The van der Waals surface area contributed by atoms with Crippen LogP contribution in [0.4, 0.5) is 0 Å². The van der Waals surface area contributed by atoms with Crippen molar-refractivity contribution in [3.05, 3.63) is 47.3 Å². The zero-order chi connectivity index (χ0) is 15.5. The van der Waals surface area contributed by atoms with E-state index in [9.17, 15) is 4.79 Å². The number of nitrogens with two attached hydrogens (primary N) is 1. The number of benzene rings is 1. The Morgan fingerprint density at radius 2 is 2.05 bits per heavy atom. The van der Waals surface area contributed by atoms with E-state index >= 15 is 0 Å². The van der Waals surface area contributed by atoms with Crippen LogP contribution < -0.4 is 5.73 Å². The molecule has 0 fully saturated rings. The van der Waals surface area contributed by atoms with Crippen molar-refractivity contribution in [2.45, 2.75) is 12.1 Å². The van der Waals surface area contributed by atoms with Crippen LogP contribution in [0.1, 0.15) is 5.56 Å². The van der Waals surface area contributed by atoms with Gasteiger partial charge in [-0.15, -0.1) is 21.5 Å². The monoisotopic (exact) mass is 330 g/mol. The van der Waals surface area contributed by atoms with Crippen molar-refractivity contribution in [3.8, 4) is 16.4 Å². The first-order valence-corrected chi connectivity index (χ1v) is 8.49. The highest BCUT2D eigenvalue weighted by Gasteiger charge is 2.17. The zero-order valence-electron chi connectivity index (χ0n) is 11.9. The highest BCUT2D eigenvalue weighted by atomic mass is 32.2. The molecule has 2 N–H and O–H groups in total. The topological polar surface area (TPSA) is 73.8 Å². The van der Waals surface area contributed by atoms with Crippen molar-refractivity contribution >= 4 is 29.0 Å². The second-order valence-electron chi connectivity index (χ2n) is 4.71. The Hall–Kier alpha value is -2.12. The number of thioether (sulfide) groups is 1. The van der Waals surface area contributed by atoms with Crippen LogP contribution in [0.15, 0.2) is 46.9 Å². The van der Waals surface area contributed by atoms with E-state index in [1.165, 1.54) is 17.3 Å². The highest BCUT2D eigenvalue weighted by Crippen LogP contribution is 2.30. The minimum Gasteiger partial charge on any atom is -0.369 e. The van der Waals surface area contributed by atoms with Gasteiger partial charge in [0.1, 0.15) is 0 Å².